The number of hydrogen-bond acceptors (Lipinski definition) is 5. The summed E-state index contributed by atoms with van der Waals surface area (Å²) in [6, 6.07) is 5.93. The second-order valence-electron chi connectivity index (χ2n) is 5.73. The third-order valence-electron chi connectivity index (χ3n) is 3.95. The molecule has 3 rings (SSSR count). The number of rotatable bonds is 2. The lowest BCUT2D eigenvalue weighted by Crippen LogP contribution is -2.37. The van der Waals surface area contributed by atoms with E-state index in [9.17, 15) is 17.6 Å². The first-order valence-corrected chi connectivity index (χ1v) is 9.92. The summed E-state index contributed by atoms with van der Waals surface area (Å²) in [4.78, 5) is 17.2. The first kappa shape index (κ1) is 16.9. The van der Waals surface area contributed by atoms with Crippen molar-refractivity contribution in [1.82, 2.24) is 0 Å². The molecule has 6 nitrogen and oxygen atoms in total. The molecule has 0 saturated carbocycles. The number of amidine groups is 1. The van der Waals surface area contributed by atoms with Gasteiger partial charge in [0, 0.05) is 10.9 Å². The molecule has 9 heteroatoms. The van der Waals surface area contributed by atoms with E-state index >= 15 is 0 Å². The van der Waals surface area contributed by atoms with Crippen molar-refractivity contribution in [3.05, 3.63) is 29.6 Å². The molecule has 0 aliphatic carbocycles. The quantitative estimate of drug-likeness (QED) is 0.789. The number of benzene rings is 1. The minimum Gasteiger partial charge on any atom is -0.315 e. The van der Waals surface area contributed by atoms with Crippen LogP contribution in [-0.2, 0) is 14.6 Å². The smallest absolute Gasteiger partial charge is 0.262 e. The van der Waals surface area contributed by atoms with Gasteiger partial charge in [-0.2, -0.15) is 10.3 Å². The van der Waals surface area contributed by atoms with Gasteiger partial charge in [0.15, 0.2) is 15.0 Å². The normalized spacial score (nSPS) is 26.4. The molecule has 0 N–H and O–H groups in total. The fourth-order valence-electron chi connectivity index (χ4n) is 2.81. The molecule has 0 aromatic heterocycles. The Labute approximate surface area is 143 Å². The first-order chi connectivity index (χ1) is 11.3. The highest BCUT2D eigenvalue weighted by Crippen LogP contribution is 2.41. The van der Waals surface area contributed by atoms with E-state index in [4.69, 9.17) is 5.26 Å². The number of aryl methyl sites for hydroxylation is 1. The number of hydrogen-bond donors (Lipinski definition) is 0. The summed E-state index contributed by atoms with van der Waals surface area (Å²) < 4.78 is 37.8. The Morgan fingerprint density at radius 1 is 1.50 bits per heavy atom. The molecule has 2 heterocycles. The Kier molecular flexibility index (Phi) is 4.36. The Morgan fingerprint density at radius 3 is 2.92 bits per heavy atom. The van der Waals surface area contributed by atoms with Crippen LogP contribution >= 0.6 is 11.8 Å². The van der Waals surface area contributed by atoms with Crippen LogP contribution in [0.1, 0.15) is 12.0 Å². The molecular formula is C15H14FN3O3S2. The highest BCUT2D eigenvalue weighted by Gasteiger charge is 2.49. The average molecular weight is 367 g/mol. The molecule has 24 heavy (non-hydrogen) atoms. The topological polar surface area (TPSA) is 90.6 Å². The average Bonchev–Trinajstić information content (AvgIpc) is 2.93. The molecule has 2 saturated heterocycles. The fraction of sp³-hybridized carbons (Fsp3) is 0.400. The summed E-state index contributed by atoms with van der Waals surface area (Å²) in [5.41, 5.74) is 0.930. The molecule has 1 aromatic rings. The molecule has 2 aliphatic rings. The number of carbonyl (C=O) groups excluding carboxylic acids is 1. The van der Waals surface area contributed by atoms with Crippen molar-refractivity contribution in [3.8, 4) is 6.07 Å². The lowest BCUT2D eigenvalue weighted by Gasteiger charge is -2.24. The summed E-state index contributed by atoms with van der Waals surface area (Å²) in [7, 11) is -3.18. The SMILES string of the molecule is Cc1ccc(N2C(=NC(=O)CC#N)S[C@@H]3CS(=O)(=O)C[C@H]32)cc1F. The lowest BCUT2D eigenvalue weighted by molar-refractivity contribution is -0.116. The van der Waals surface area contributed by atoms with Crippen LogP contribution < -0.4 is 4.90 Å². The van der Waals surface area contributed by atoms with Crippen LogP contribution in [-0.4, -0.2) is 42.3 Å². The van der Waals surface area contributed by atoms with Crippen molar-refractivity contribution in [2.45, 2.75) is 24.6 Å². The second kappa shape index (κ2) is 6.18. The van der Waals surface area contributed by atoms with Gasteiger partial charge in [0.2, 0.25) is 0 Å². The molecule has 126 valence electrons. The summed E-state index contributed by atoms with van der Waals surface area (Å²) in [6.07, 6.45) is -0.353. The minimum atomic E-state index is -3.18. The second-order valence-corrected chi connectivity index (χ2v) is 9.09. The summed E-state index contributed by atoms with van der Waals surface area (Å²) in [5.74, 6) is -1.07. The molecular weight excluding hydrogens is 353 g/mol. The van der Waals surface area contributed by atoms with Gasteiger partial charge in [0.05, 0.1) is 23.6 Å². The van der Waals surface area contributed by atoms with E-state index in [1.165, 1.54) is 17.8 Å². The highest BCUT2D eigenvalue weighted by atomic mass is 32.2. The predicted molar refractivity (Wildman–Crippen MR) is 90.1 cm³/mol. The summed E-state index contributed by atoms with van der Waals surface area (Å²) in [6.45, 7) is 1.63. The Balaban J connectivity index is 2.03. The number of sulfone groups is 1. The monoisotopic (exact) mass is 367 g/mol. The van der Waals surface area contributed by atoms with Crippen molar-refractivity contribution in [1.29, 1.82) is 5.26 Å². The molecule has 0 spiro atoms. The zero-order chi connectivity index (χ0) is 17.5. The largest absolute Gasteiger partial charge is 0.315 e. The third kappa shape index (κ3) is 3.16. The van der Waals surface area contributed by atoms with Crippen LogP contribution in [0.3, 0.4) is 0 Å². The first-order valence-electron chi connectivity index (χ1n) is 7.21. The van der Waals surface area contributed by atoms with Crippen LogP contribution in [0, 0.1) is 24.1 Å². The number of nitriles is 1. The number of nitrogens with zero attached hydrogens (tertiary/aromatic N) is 3. The number of carbonyl (C=O) groups is 1. The lowest BCUT2D eigenvalue weighted by atomic mass is 10.1. The number of halogens is 1. The maximum atomic E-state index is 13.9. The van der Waals surface area contributed by atoms with Crippen molar-refractivity contribution in [2.24, 2.45) is 4.99 Å². The third-order valence-corrected chi connectivity index (χ3v) is 7.16. The van der Waals surface area contributed by atoms with Crippen LogP contribution in [0.5, 0.6) is 0 Å². The van der Waals surface area contributed by atoms with Crippen molar-refractivity contribution >= 4 is 38.4 Å². The zero-order valence-electron chi connectivity index (χ0n) is 12.8. The van der Waals surface area contributed by atoms with Gasteiger partial charge in [-0.05, 0) is 24.6 Å². The number of fused-ring (bicyclic) bond motifs is 1. The van der Waals surface area contributed by atoms with Gasteiger partial charge in [-0.25, -0.2) is 12.8 Å². The molecule has 1 aromatic carbocycles. The van der Waals surface area contributed by atoms with E-state index in [2.05, 4.69) is 4.99 Å². The van der Waals surface area contributed by atoms with Gasteiger partial charge >= 0.3 is 0 Å². The van der Waals surface area contributed by atoms with Crippen molar-refractivity contribution in [2.75, 3.05) is 16.4 Å². The fourth-order valence-corrected chi connectivity index (χ4v) is 6.74. The van der Waals surface area contributed by atoms with Crippen LogP contribution in [0.2, 0.25) is 0 Å². The zero-order valence-corrected chi connectivity index (χ0v) is 14.4. The molecule has 0 radical (unpaired) electrons. The van der Waals surface area contributed by atoms with Gasteiger partial charge in [0.25, 0.3) is 5.91 Å². The molecule has 0 unspecified atom stereocenters. The summed E-state index contributed by atoms with van der Waals surface area (Å²) in [5, 5.41) is 8.67. The van der Waals surface area contributed by atoms with E-state index in [-0.39, 0.29) is 23.2 Å². The maximum Gasteiger partial charge on any atom is 0.262 e. The van der Waals surface area contributed by atoms with Gasteiger partial charge in [-0.3, -0.25) is 4.79 Å². The number of amides is 1. The van der Waals surface area contributed by atoms with Gasteiger partial charge in [0.1, 0.15) is 12.2 Å². The predicted octanol–water partition coefficient (Wildman–Crippen LogP) is 1.65. The number of anilines is 1. The highest BCUT2D eigenvalue weighted by molar-refractivity contribution is 8.16. The Morgan fingerprint density at radius 2 is 2.25 bits per heavy atom. The van der Waals surface area contributed by atoms with E-state index in [0.717, 1.165) is 0 Å². The standard InChI is InChI=1S/C15H14FN3O3S2/c1-9-2-3-10(6-11(9)16)19-12-7-24(21,22)8-13(12)23-15(19)18-14(20)4-5-17/h2-3,6,12-13H,4,7-8H2,1H3/t12-,13-/m1/s1. The summed E-state index contributed by atoms with van der Waals surface area (Å²) >= 11 is 1.19. The maximum absolute atomic E-state index is 13.9. The molecule has 2 aliphatic heterocycles. The number of thioether (sulfide) groups is 1. The van der Waals surface area contributed by atoms with Crippen LogP contribution in [0.25, 0.3) is 0 Å². The molecule has 2 fully saturated rings. The van der Waals surface area contributed by atoms with E-state index < -0.39 is 27.6 Å². The van der Waals surface area contributed by atoms with Crippen LogP contribution in [0.4, 0.5) is 10.1 Å². The van der Waals surface area contributed by atoms with Gasteiger partial charge in [-0.15, -0.1) is 0 Å². The van der Waals surface area contributed by atoms with Crippen LogP contribution in [0.15, 0.2) is 23.2 Å². The molecule has 1 amide bonds. The van der Waals surface area contributed by atoms with Gasteiger partial charge in [-0.1, -0.05) is 17.8 Å². The molecule has 2 atom stereocenters. The Hall–Kier alpha value is -1.92. The van der Waals surface area contributed by atoms with Crippen molar-refractivity contribution in [3.63, 3.8) is 0 Å². The van der Waals surface area contributed by atoms with Crippen molar-refractivity contribution < 1.29 is 17.6 Å². The van der Waals surface area contributed by atoms with E-state index in [1.54, 1.807) is 30.0 Å². The van der Waals surface area contributed by atoms with E-state index in [1.807, 2.05) is 0 Å². The van der Waals surface area contributed by atoms with E-state index in [0.29, 0.717) is 16.4 Å². The van der Waals surface area contributed by atoms with Gasteiger partial charge < -0.3 is 4.90 Å². The Bertz CT molecular complexity index is 876. The molecule has 0 bridgehead atoms. The minimum absolute atomic E-state index is 0.00135. The number of aliphatic imine (C=N–C) groups is 1.